The first-order valence-electron chi connectivity index (χ1n) is 11.5. The number of carbonyl (C=O) groups is 1. The number of fused-ring (bicyclic) bond motifs is 1. The molecule has 4 aromatic rings. The summed E-state index contributed by atoms with van der Waals surface area (Å²) in [5, 5.41) is 6.64. The van der Waals surface area contributed by atoms with Crippen molar-refractivity contribution >= 4 is 34.1 Å². The molecule has 174 valence electrons. The van der Waals surface area contributed by atoms with E-state index in [1.165, 1.54) is 11.8 Å². The molecule has 0 spiro atoms. The van der Waals surface area contributed by atoms with E-state index in [-0.39, 0.29) is 0 Å². The standard InChI is InChI=1S/C26H28N6O2/c1-32-23-5-3-2-4-21(23)31-25(32)16-28-22-14-24(29-15-20(22)26(27)33)30-19-8-6-17(7-9-19)18-10-12-34-13-11-18/h2-9,14-15,18H,10-13,16H2,1H3,(H2,27,33)(H2,28,29,30). The Morgan fingerprint density at radius 3 is 2.65 bits per heavy atom. The first kappa shape index (κ1) is 21.9. The molecule has 1 amide bonds. The van der Waals surface area contributed by atoms with Gasteiger partial charge in [0.15, 0.2) is 0 Å². The molecule has 4 N–H and O–H groups in total. The number of pyridine rings is 1. The predicted molar refractivity (Wildman–Crippen MR) is 133 cm³/mol. The Hall–Kier alpha value is -3.91. The summed E-state index contributed by atoms with van der Waals surface area (Å²) in [5.74, 6) is 1.49. The number of carbonyl (C=O) groups excluding carboxylic acids is 1. The lowest BCUT2D eigenvalue weighted by molar-refractivity contribution is 0.0853. The summed E-state index contributed by atoms with van der Waals surface area (Å²) >= 11 is 0. The van der Waals surface area contributed by atoms with Gasteiger partial charge in [-0.2, -0.15) is 0 Å². The second-order valence-electron chi connectivity index (χ2n) is 8.54. The number of benzene rings is 2. The number of ether oxygens (including phenoxy) is 1. The van der Waals surface area contributed by atoms with Crippen molar-refractivity contribution in [3.05, 3.63) is 77.7 Å². The van der Waals surface area contributed by atoms with Crippen LogP contribution in [0.4, 0.5) is 17.2 Å². The first-order valence-corrected chi connectivity index (χ1v) is 11.5. The maximum Gasteiger partial charge on any atom is 0.252 e. The van der Waals surface area contributed by atoms with Gasteiger partial charge >= 0.3 is 0 Å². The fraction of sp³-hybridized carbons (Fsp3) is 0.269. The van der Waals surface area contributed by atoms with Crippen LogP contribution in [0.5, 0.6) is 0 Å². The van der Waals surface area contributed by atoms with Crippen LogP contribution in [-0.4, -0.2) is 33.7 Å². The van der Waals surface area contributed by atoms with Gasteiger partial charge in [0.1, 0.15) is 11.6 Å². The molecule has 0 saturated carbocycles. The van der Waals surface area contributed by atoms with Crippen LogP contribution in [0.2, 0.25) is 0 Å². The number of nitrogens with two attached hydrogens (primary N) is 1. The molecule has 0 bridgehead atoms. The maximum atomic E-state index is 12.0. The van der Waals surface area contributed by atoms with Crippen LogP contribution < -0.4 is 16.4 Å². The molecular weight excluding hydrogens is 428 g/mol. The Morgan fingerprint density at radius 2 is 1.91 bits per heavy atom. The van der Waals surface area contributed by atoms with Crippen LogP contribution in [0.15, 0.2) is 60.8 Å². The van der Waals surface area contributed by atoms with E-state index in [4.69, 9.17) is 10.5 Å². The number of aryl methyl sites for hydroxylation is 1. The van der Waals surface area contributed by atoms with Crippen molar-refractivity contribution in [1.29, 1.82) is 0 Å². The molecule has 3 heterocycles. The summed E-state index contributed by atoms with van der Waals surface area (Å²) in [6.07, 6.45) is 3.62. The van der Waals surface area contributed by atoms with Crippen molar-refractivity contribution in [1.82, 2.24) is 14.5 Å². The van der Waals surface area contributed by atoms with E-state index >= 15 is 0 Å². The molecule has 1 fully saturated rings. The fourth-order valence-corrected chi connectivity index (χ4v) is 4.41. The molecule has 5 rings (SSSR count). The number of primary amides is 1. The number of rotatable bonds is 7. The van der Waals surface area contributed by atoms with Gasteiger partial charge in [-0.25, -0.2) is 9.97 Å². The summed E-state index contributed by atoms with van der Waals surface area (Å²) in [7, 11) is 1.98. The smallest absolute Gasteiger partial charge is 0.252 e. The topological polar surface area (TPSA) is 107 Å². The lowest BCUT2D eigenvalue weighted by Crippen LogP contribution is -2.16. The summed E-state index contributed by atoms with van der Waals surface area (Å²) in [6.45, 7) is 2.09. The third-order valence-corrected chi connectivity index (χ3v) is 6.36. The Bertz CT molecular complexity index is 1310. The van der Waals surface area contributed by atoms with Crippen molar-refractivity contribution in [2.24, 2.45) is 12.8 Å². The number of nitrogens with one attached hydrogen (secondary N) is 2. The van der Waals surface area contributed by atoms with Gasteiger partial charge in [0.05, 0.1) is 28.8 Å². The van der Waals surface area contributed by atoms with E-state index < -0.39 is 5.91 Å². The van der Waals surface area contributed by atoms with E-state index in [9.17, 15) is 4.79 Å². The van der Waals surface area contributed by atoms with Gasteiger partial charge in [0.2, 0.25) is 0 Å². The zero-order valence-electron chi connectivity index (χ0n) is 19.1. The second kappa shape index (κ2) is 9.52. The highest BCUT2D eigenvalue weighted by Crippen LogP contribution is 2.29. The quantitative estimate of drug-likeness (QED) is 0.382. The Balaban J connectivity index is 1.33. The minimum absolute atomic E-state index is 0.333. The second-order valence-corrected chi connectivity index (χ2v) is 8.54. The first-order chi connectivity index (χ1) is 16.6. The molecular formula is C26H28N6O2. The lowest BCUT2D eigenvalue weighted by atomic mass is 9.92. The van der Waals surface area contributed by atoms with Gasteiger partial charge in [0.25, 0.3) is 5.91 Å². The normalized spacial score (nSPS) is 14.3. The molecule has 0 aliphatic carbocycles. The van der Waals surface area contributed by atoms with Crippen molar-refractivity contribution in [3.63, 3.8) is 0 Å². The highest BCUT2D eigenvalue weighted by molar-refractivity contribution is 5.98. The number of para-hydroxylation sites is 2. The van der Waals surface area contributed by atoms with Crippen LogP contribution >= 0.6 is 0 Å². The van der Waals surface area contributed by atoms with Gasteiger partial charge in [-0.15, -0.1) is 0 Å². The van der Waals surface area contributed by atoms with Crippen molar-refractivity contribution < 1.29 is 9.53 Å². The maximum absolute atomic E-state index is 12.0. The number of amides is 1. The largest absolute Gasteiger partial charge is 0.381 e. The van der Waals surface area contributed by atoms with Crippen molar-refractivity contribution in [2.45, 2.75) is 25.3 Å². The molecule has 2 aromatic carbocycles. The average molecular weight is 457 g/mol. The molecule has 1 aliphatic rings. The lowest BCUT2D eigenvalue weighted by Gasteiger charge is -2.22. The number of nitrogens with zero attached hydrogens (tertiary/aromatic N) is 3. The number of imidazole rings is 1. The average Bonchev–Trinajstić information content (AvgIpc) is 3.19. The van der Waals surface area contributed by atoms with E-state index in [2.05, 4.69) is 44.9 Å². The van der Waals surface area contributed by atoms with E-state index in [1.54, 1.807) is 6.07 Å². The number of hydrogen-bond donors (Lipinski definition) is 3. The van der Waals surface area contributed by atoms with E-state index in [1.807, 2.05) is 35.9 Å². The third-order valence-electron chi connectivity index (χ3n) is 6.36. The number of aromatic nitrogens is 3. The van der Waals surface area contributed by atoms with Crippen LogP contribution in [0, 0.1) is 0 Å². The van der Waals surface area contributed by atoms with Crippen LogP contribution in [-0.2, 0) is 18.3 Å². The molecule has 0 radical (unpaired) electrons. The number of hydrogen-bond acceptors (Lipinski definition) is 6. The van der Waals surface area contributed by atoms with E-state index in [0.717, 1.165) is 48.6 Å². The summed E-state index contributed by atoms with van der Waals surface area (Å²) < 4.78 is 7.50. The van der Waals surface area contributed by atoms with Gasteiger partial charge in [-0.3, -0.25) is 4.79 Å². The Kier molecular flexibility index (Phi) is 6.14. The van der Waals surface area contributed by atoms with Crippen LogP contribution in [0.1, 0.15) is 40.5 Å². The molecule has 34 heavy (non-hydrogen) atoms. The summed E-state index contributed by atoms with van der Waals surface area (Å²) in [5.41, 5.74) is 10.8. The third kappa shape index (κ3) is 4.58. The van der Waals surface area contributed by atoms with Crippen LogP contribution in [0.25, 0.3) is 11.0 Å². The monoisotopic (exact) mass is 456 g/mol. The molecule has 0 unspecified atom stereocenters. The van der Waals surface area contributed by atoms with Gasteiger partial charge in [-0.1, -0.05) is 24.3 Å². The summed E-state index contributed by atoms with van der Waals surface area (Å²) in [4.78, 5) is 21.1. The van der Waals surface area contributed by atoms with E-state index in [0.29, 0.717) is 29.5 Å². The van der Waals surface area contributed by atoms with Crippen molar-refractivity contribution in [2.75, 3.05) is 23.8 Å². The van der Waals surface area contributed by atoms with Gasteiger partial charge in [-0.05, 0) is 48.6 Å². The molecule has 2 aromatic heterocycles. The molecule has 1 aliphatic heterocycles. The van der Waals surface area contributed by atoms with Crippen molar-refractivity contribution in [3.8, 4) is 0 Å². The highest BCUT2D eigenvalue weighted by Gasteiger charge is 2.16. The molecule has 1 saturated heterocycles. The highest BCUT2D eigenvalue weighted by atomic mass is 16.5. The molecule has 8 nitrogen and oxygen atoms in total. The SMILES string of the molecule is Cn1c(CNc2cc(Nc3ccc(C4CCOCC4)cc3)ncc2C(N)=O)nc2ccccc21. The fourth-order valence-electron chi connectivity index (χ4n) is 4.41. The Morgan fingerprint density at radius 1 is 1.15 bits per heavy atom. The predicted octanol–water partition coefficient (Wildman–Crippen LogP) is 4.32. The molecule has 8 heteroatoms. The zero-order chi connectivity index (χ0) is 23.5. The Labute approximate surface area is 198 Å². The summed E-state index contributed by atoms with van der Waals surface area (Å²) in [6, 6.07) is 18.2. The van der Waals surface area contributed by atoms with Crippen LogP contribution in [0.3, 0.4) is 0 Å². The minimum Gasteiger partial charge on any atom is -0.381 e. The number of anilines is 3. The van der Waals surface area contributed by atoms with Gasteiger partial charge < -0.3 is 25.7 Å². The molecule has 0 atom stereocenters. The zero-order valence-corrected chi connectivity index (χ0v) is 19.1. The van der Waals surface area contributed by atoms with Gasteiger partial charge in [0, 0.05) is 38.2 Å². The minimum atomic E-state index is -0.535.